The van der Waals surface area contributed by atoms with Crippen molar-refractivity contribution in [1.82, 2.24) is 15.1 Å². The molecule has 132 valence electrons. The normalized spacial score (nSPS) is 13.8. The van der Waals surface area contributed by atoms with E-state index in [4.69, 9.17) is 4.42 Å². The van der Waals surface area contributed by atoms with Gasteiger partial charge < -0.3 is 9.73 Å². The number of aromatic nitrogens is 2. The van der Waals surface area contributed by atoms with Crippen LogP contribution in [0.1, 0.15) is 35.7 Å². The molecule has 3 rings (SSSR count). The molecule has 2 aromatic heterocycles. The standard InChI is InChI=1S/C20H24BrN3O/c1-14(13-24-16(3)11-15(2)23-24)12-22-20(19-5-4-10-25-19)17-6-8-18(21)9-7-17/h4-11,14,20,22H,12-13H2,1-3H3/t14-,20-/m1/s1. The summed E-state index contributed by atoms with van der Waals surface area (Å²) in [6.45, 7) is 8.16. The Hall–Kier alpha value is -1.85. The van der Waals surface area contributed by atoms with Crippen molar-refractivity contribution in [3.8, 4) is 0 Å². The van der Waals surface area contributed by atoms with E-state index in [0.717, 1.165) is 29.0 Å². The van der Waals surface area contributed by atoms with Crippen molar-refractivity contribution < 1.29 is 4.42 Å². The van der Waals surface area contributed by atoms with Crippen LogP contribution >= 0.6 is 15.9 Å². The molecule has 0 fully saturated rings. The Morgan fingerprint density at radius 1 is 1.20 bits per heavy atom. The number of hydrogen-bond acceptors (Lipinski definition) is 3. The van der Waals surface area contributed by atoms with Crippen molar-refractivity contribution in [2.75, 3.05) is 6.54 Å². The zero-order valence-corrected chi connectivity index (χ0v) is 16.5. The molecule has 2 atom stereocenters. The lowest BCUT2D eigenvalue weighted by atomic mass is 10.0. The Morgan fingerprint density at radius 3 is 2.56 bits per heavy atom. The summed E-state index contributed by atoms with van der Waals surface area (Å²) in [5.74, 6) is 1.38. The fourth-order valence-electron chi connectivity index (χ4n) is 3.03. The van der Waals surface area contributed by atoms with Crippen LogP contribution in [0.4, 0.5) is 0 Å². The molecule has 0 amide bonds. The summed E-state index contributed by atoms with van der Waals surface area (Å²) in [7, 11) is 0. The first-order valence-electron chi connectivity index (χ1n) is 8.56. The molecule has 25 heavy (non-hydrogen) atoms. The number of benzene rings is 1. The lowest BCUT2D eigenvalue weighted by molar-refractivity contribution is 0.380. The molecular weight excluding hydrogens is 378 g/mol. The first kappa shape index (κ1) is 18.0. The third-order valence-corrected chi connectivity index (χ3v) is 4.82. The summed E-state index contributed by atoms with van der Waals surface area (Å²) < 4.78 is 8.82. The van der Waals surface area contributed by atoms with E-state index in [2.05, 4.69) is 75.2 Å². The average Bonchev–Trinajstić information content (AvgIpc) is 3.20. The largest absolute Gasteiger partial charge is 0.467 e. The van der Waals surface area contributed by atoms with Gasteiger partial charge in [0.25, 0.3) is 0 Å². The van der Waals surface area contributed by atoms with E-state index in [-0.39, 0.29) is 6.04 Å². The maximum absolute atomic E-state index is 5.66. The molecular formula is C20H24BrN3O. The molecule has 0 bridgehead atoms. The second-order valence-electron chi connectivity index (χ2n) is 6.62. The Kier molecular flexibility index (Phi) is 5.76. The van der Waals surface area contributed by atoms with Gasteiger partial charge in [0.2, 0.25) is 0 Å². The predicted molar refractivity (Wildman–Crippen MR) is 104 cm³/mol. The van der Waals surface area contributed by atoms with Crippen molar-refractivity contribution >= 4 is 15.9 Å². The minimum Gasteiger partial charge on any atom is -0.467 e. The Morgan fingerprint density at radius 2 is 1.96 bits per heavy atom. The minimum absolute atomic E-state index is 0.0472. The van der Waals surface area contributed by atoms with Gasteiger partial charge in [-0.15, -0.1) is 0 Å². The smallest absolute Gasteiger partial charge is 0.125 e. The molecule has 0 aliphatic heterocycles. The number of hydrogen-bond donors (Lipinski definition) is 1. The van der Waals surface area contributed by atoms with Crippen molar-refractivity contribution in [3.63, 3.8) is 0 Å². The Balaban J connectivity index is 1.68. The van der Waals surface area contributed by atoms with E-state index in [1.165, 1.54) is 11.3 Å². The lowest BCUT2D eigenvalue weighted by Crippen LogP contribution is -2.29. The lowest BCUT2D eigenvalue weighted by Gasteiger charge is -2.20. The highest BCUT2D eigenvalue weighted by Gasteiger charge is 2.18. The van der Waals surface area contributed by atoms with E-state index in [1.54, 1.807) is 6.26 Å². The fourth-order valence-corrected chi connectivity index (χ4v) is 3.30. The molecule has 0 radical (unpaired) electrons. The summed E-state index contributed by atoms with van der Waals surface area (Å²) >= 11 is 3.50. The van der Waals surface area contributed by atoms with Crippen LogP contribution in [0.2, 0.25) is 0 Å². The van der Waals surface area contributed by atoms with Gasteiger partial charge in [-0.2, -0.15) is 5.10 Å². The highest BCUT2D eigenvalue weighted by molar-refractivity contribution is 9.10. The van der Waals surface area contributed by atoms with Crippen LogP contribution in [0, 0.1) is 19.8 Å². The topological polar surface area (TPSA) is 43.0 Å². The van der Waals surface area contributed by atoms with Gasteiger partial charge in [0.1, 0.15) is 5.76 Å². The van der Waals surface area contributed by atoms with Gasteiger partial charge in [-0.25, -0.2) is 0 Å². The molecule has 5 heteroatoms. The molecule has 0 unspecified atom stereocenters. The molecule has 1 N–H and O–H groups in total. The Labute approximate surface area is 157 Å². The first-order chi connectivity index (χ1) is 12.0. The maximum Gasteiger partial charge on any atom is 0.125 e. The van der Waals surface area contributed by atoms with Crippen LogP contribution in [0.5, 0.6) is 0 Å². The van der Waals surface area contributed by atoms with Crippen LogP contribution < -0.4 is 5.32 Å². The second-order valence-corrected chi connectivity index (χ2v) is 7.54. The quantitative estimate of drug-likeness (QED) is 0.613. The van der Waals surface area contributed by atoms with Crippen LogP contribution in [0.25, 0.3) is 0 Å². The number of rotatable bonds is 7. The van der Waals surface area contributed by atoms with E-state index in [0.29, 0.717) is 5.92 Å². The predicted octanol–water partition coefficient (Wildman–Crippen LogP) is 4.87. The van der Waals surface area contributed by atoms with Crippen molar-refractivity contribution in [2.45, 2.75) is 33.4 Å². The summed E-state index contributed by atoms with van der Waals surface area (Å²) in [5, 5.41) is 8.21. The van der Waals surface area contributed by atoms with Crippen molar-refractivity contribution in [3.05, 3.63) is 75.9 Å². The maximum atomic E-state index is 5.66. The van der Waals surface area contributed by atoms with Gasteiger partial charge in [0.15, 0.2) is 0 Å². The fraction of sp³-hybridized carbons (Fsp3) is 0.350. The molecule has 0 aliphatic rings. The number of aryl methyl sites for hydroxylation is 2. The molecule has 0 saturated carbocycles. The highest BCUT2D eigenvalue weighted by atomic mass is 79.9. The van der Waals surface area contributed by atoms with Gasteiger partial charge in [0, 0.05) is 23.3 Å². The number of nitrogens with zero attached hydrogens (tertiary/aromatic N) is 2. The molecule has 3 aromatic rings. The summed E-state index contributed by atoms with van der Waals surface area (Å²) in [6, 6.07) is 14.5. The number of furan rings is 1. The van der Waals surface area contributed by atoms with Crippen LogP contribution in [-0.4, -0.2) is 16.3 Å². The highest BCUT2D eigenvalue weighted by Crippen LogP contribution is 2.24. The van der Waals surface area contributed by atoms with Gasteiger partial charge in [-0.3, -0.25) is 4.68 Å². The van der Waals surface area contributed by atoms with Gasteiger partial charge in [-0.1, -0.05) is 35.0 Å². The molecule has 2 heterocycles. The van der Waals surface area contributed by atoms with Gasteiger partial charge in [0.05, 0.1) is 18.0 Å². The van der Waals surface area contributed by atoms with Gasteiger partial charge in [-0.05, 0) is 55.7 Å². The summed E-state index contributed by atoms with van der Waals surface area (Å²) in [5.41, 5.74) is 3.47. The third-order valence-electron chi connectivity index (χ3n) is 4.29. The van der Waals surface area contributed by atoms with Crippen LogP contribution in [-0.2, 0) is 6.54 Å². The summed E-state index contributed by atoms with van der Waals surface area (Å²) in [6.07, 6.45) is 1.72. The number of halogens is 1. The monoisotopic (exact) mass is 401 g/mol. The summed E-state index contributed by atoms with van der Waals surface area (Å²) in [4.78, 5) is 0. The minimum atomic E-state index is 0.0472. The average molecular weight is 402 g/mol. The van der Waals surface area contributed by atoms with Crippen LogP contribution in [0.15, 0.2) is 57.6 Å². The van der Waals surface area contributed by atoms with E-state index in [9.17, 15) is 0 Å². The third kappa shape index (κ3) is 4.61. The molecule has 0 spiro atoms. The Bertz CT molecular complexity index is 793. The molecule has 1 aromatic carbocycles. The molecule has 4 nitrogen and oxygen atoms in total. The number of nitrogens with one attached hydrogen (secondary N) is 1. The van der Waals surface area contributed by atoms with E-state index < -0.39 is 0 Å². The van der Waals surface area contributed by atoms with Crippen molar-refractivity contribution in [2.24, 2.45) is 5.92 Å². The van der Waals surface area contributed by atoms with Crippen LogP contribution in [0.3, 0.4) is 0 Å². The molecule has 0 aliphatic carbocycles. The second kappa shape index (κ2) is 8.02. The van der Waals surface area contributed by atoms with Gasteiger partial charge >= 0.3 is 0 Å². The molecule has 0 saturated heterocycles. The van der Waals surface area contributed by atoms with E-state index >= 15 is 0 Å². The zero-order valence-electron chi connectivity index (χ0n) is 14.9. The van der Waals surface area contributed by atoms with Crippen molar-refractivity contribution in [1.29, 1.82) is 0 Å². The van der Waals surface area contributed by atoms with E-state index in [1.807, 2.05) is 19.1 Å². The first-order valence-corrected chi connectivity index (χ1v) is 9.35. The zero-order chi connectivity index (χ0) is 17.8. The SMILES string of the molecule is Cc1cc(C)n(C[C@H](C)CN[C@H](c2ccc(Br)cc2)c2ccco2)n1.